The van der Waals surface area contributed by atoms with Crippen LogP contribution < -0.4 is 5.32 Å². The zero-order valence-electron chi connectivity index (χ0n) is 12.0. The standard InChI is InChI=1S/C12H20F4N4O/c1-3-4-17-10(5-9-6-20(2)19-18-9)7-21-8-12(15,16)11(13)14/h6,10-11,17H,3-5,7-8H2,1-2H3. The number of alkyl halides is 4. The molecule has 0 fully saturated rings. The van der Waals surface area contributed by atoms with E-state index in [9.17, 15) is 17.6 Å². The molecule has 0 saturated heterocycles. The Morgan fingerprint density at radius 3 is 2.67 bits per heavy atom. The first-order valence-corrected chi connectivity index (χ1v) is 6.67. The number of nitrogens with one attached hydrogen (secondary N) is 1. The Morgan fingerprint density at radius 1 is 1.43 bits per heavy atom. The molecule has 0 aliphatic rings. The summed E-state index contributed by atoms with van der Waals surface area (Å²) in [4.78, 5) is 0. The summed E-state index contributed by atoms with van der Waals surface area (Å²) in [5.74, 6) is -4.12. The second-order valence-electron chi connectivity index (χ2n) is 4.82. The number of halogens is 4. The maximum Gasteiger partial charge on any atom is 0.330 e. The molecule has 1 aromatic rings. The van der Waals surface area contributed by atoms with Gasteiger partial charge in [0.1, 0.15) is 6.61 Å². The van der Waals surface area contributed by atoms with Crippen LogP contribution in [0.4, 0.5) is 17.6 Å². The Morgan fingerprint density at radius 2 is 2.14 bits per heavy atom. The van der Waals surface area contributed by atoms with Gasteiger partial charge in [0.05, 0.1) is 12.3 Å². The third kappa shape index (κ3) is 6.38. The van der Waals surface area contributed by atoms with Gasteiger partial charge in [-0.1, -0.05) is 12.1 Å². The number of hydrogen-bond acceptors (Lipinski definition) is 4. The van der Waals surface area contributed by atoms with Crippen LogP contribution in [0.3, 0.4) is 0 Å². The van der Waals surface area contributed by atoms with Gasteiger partial charge in [0.2, 0.25) is 0 Å². The molecule has 9 heteroatoms. The predicted octanol–water partition coefficient (Wildman–Crippen LogP) is 1.64. The molecule has 0 aliphatic carbocycles. The fourth-order valence-electron chi connectivity index (χ4n) is 1.68. The van der Waals surface area contributed by atoms with E-state index in [1.165, 1.54) is 4.68 Å². The molecule has 1 heterocycles. The van der Waals surface area contributed by atoms with Crippen LogP contribution in [0.15, 0.2) is 6.20 Å². The zero-order chi connectivity index (χ0) is 15.9. The maximum atomic E-state index is 12.8. The van der Waals surface area contributed by atoms with Crippen molar-refractivity contribution in [3.63, 3.8) is 0 Å². The van der Waals surface area contributed by atoms with Gasteiger partial charge >= 0.3 is 12.3 Å². The van der Waals surface area contributed by atoms with Gasteiger partial charge in [-0.3, -0.25) is 4.68 Å². The maximum absolute atomic E-state index is 12.8. The molecule has 1 rings (SSSR count). The molecule has 0 aliphatic heterocycles. The molecule has 0 radical (unpaired) electrons. The van der Waals surface area contributed by atoms with Crippen molar-refractivity contribution < 1.29 is 22.3 Å². The van der Waals surface area contributed by atoms with Crippen LogP contribution in [0.5, 0.6) is 0 Å². The largest absolute Gasteiger partial charge is 0.373 e. The van der Waals surface area contributed by atoms with Crippen molar-refractivity contribution in [1.82, 2.24) is 20.3 Å². The number of nitrogens with zero attached hydrogens (tertiary/aromatic N) is 3. The van der Waals surface area contributed by atoms with Crippen molar-refractivity contribution in [2.24, 2.45) is 7.05 Å². The molecule has 1 N–H and O–H groups in total. The number of aromatic nitrogens is 3. The summed E-state index contributed by atoms with van der Waals surface area (Å²) in [5, 5.41) is 10.8. The van der Waals surface area contributed by atoms with Crippen LogP contribution in [0.25, 0.3) is 0 Å². The van der Waals surface area contributed by atoms with E-state index in [0.717, 1.165) is 6.42 Å². The summed E-state index contributed by atoms with van der Waals surface area (Å²) in [6.07, 6.45) is -0.744. The minimum atomic E-state index is -4.12. The van der Waals surface area contributed by atoms with E-state index in [1.807, 2.05) is 6.92 Å². The van der Waals surface area contributed by atoms with E-state index in [0.29, 0.717) is 18.7 Å². The fraction of sp³-hybridized carbons (Fsp3) is 0.833. The summed E-state index contributed by atoms with van der Waals surface area (Å²) in [7, 11) is 1.71. The summed E-state index contributed by atoms with van der Waals surface area (Å²) in [6, 6.07) is -0.282. The summed E-state index contributed by atoms with van der Waals surface area (Å²) in [5.41, 5.74) is 0.676. The monoisotopic (exact) mass is 312 g/mol. The molecule has 0 spiro atoms. The highest BCUT2D eigenvalue weighted by Gasteiger charge is 2.41. The average molecular weight is 312 g/mol. The van der Waals surface area contributed by atoms with Crippen molar-refractivity contribution >= 4 is 0 Å². The molecule has 1 unspecified atom stereocenters. The first kappa shape index (κ1) is 17.8. The Hall–Kier alpha value is -1.22. The Bertz CT molecular complexity index is 414. The van der Waals surface area contributed by atoms with Crippen molar-refractivity contribution in [3.8, 4) is 0 Å². The van der Waals surface area contributed by atoms with E-state index in [4.69, 9.17) is 4.74 Å². The average Bonchev–Trinajstić information content (AvgIpc) is 2.80. The van der Waals surface area contributed by atoms with Gasteiger partial charge in [0.15, 0.2) is 0 Å². The minimum absolute atomic E-state index is 0.0983. The molecular weight excluding hydrogens is 292 g/mol. The van der Waals surface area contributed by atoms with Gasteiger partial charge in [-0.2, -0.15) is 8.78 Å². The number of ether oxygens (including phenoxy) is 1. The molecule has 21 heavy (non-hydrogen) atoms. The predicted molar refractivity (Wildman–Crippen MR) is 68.6 cm³/mol. The van der Waals surface area contributed by atoms with Crippen LogP contribution in [0, 0.1) is 0 Å². The van der Waals surface area contributed by atoms with E-state index in [2.05, 4.69) is 15.6 Å². The molecule has 5 nitrogen and oxygen atoms in total. The van der Waals surface area contributed by atoms with Gasteiger partial charge in [-0.15, -0.1) is 5.10 Å². The second-order valence-corrected chi connectivity index (χ2v) is 4.82. The number of rotatable bonds is 10. The highest BCUT2D eigenvalue weighted by molar-refractivity contribution is 4.95. The highest BCUT2D eigenvalue weighted by atomic mass is 19.3. The second kappa shape index (κ2) is 8.28. The normalized spacial score (nSPS) is 13.9. The van der Waals surface area contributed by atoms with E-state index in [-0.39, 0.29) is 12.6 Å². The van der Waals surface area contributed by atoms with Crippen molar-refractivity contribution in [3.05, 3.63) is 11.9 Å². The molecule has 1 aromatic heterocycles. The third-order valence-corrected chi connectivity index (χ3v) is 2.72. The third-order valence-electron chi connectivity index (χ3n) is 2.72. The Kier molecular flexibility index (Phi) is 7.03. The van der Waals surface area contributed by atoms with Crippen LogP contribution in [-0.2, 0) is 18.2 Å². The quantitative estimate of drug-likeness (QED) is 0.667. The lowest BCUT2D eigenvalue weighted by Crippen LogP contribution is -2.39. The SMILES string of the molecule is CCCNC(COCC(F)(F)C(F)F)Cc1cn(C)nn1. The van der Waals surface area contributed by atoms with Gasteiger partial charge in [0.25, 0.3) is 0 Å². The topological polar surface area (TPSA) is 52.0 Å². The van der Waals surface area contributed by atoms with Crippen LogP contribution in [0.2, 0.25) is 0 Å². The lowest BCUT2D eigenvalue weighted by atomic mass is 10.1. The summed E-state index contributed by atoms with van der Waals surface area (Å²) in [6.45, 7) is 1.23. The molecule has 0 saturated carbocycles. The lowest BCUT2D eigenvalue weighted by Gasteiger charge is -2.20. The first-order chi connectivity index (χ1) is 9.85. The van der Waals surface area contributed by atoms with Crippen molar-refractivity contribution in [2.75, 3.05) is 19.8 Å². The Balaban J connectivity index is 2.46. The van der Waals surface area contributed by atoms with Gasteiger partial charge in [0, 0.05) is 25.7 Å². The fourth-order valence-corrected chi connectivity index (χ4v) is 1.68. The number of aryl methyl sites for hydroxylation is 1. The van der Waals surface area contributed by atoms with Crippen LogP contribution >= 0.6 is 0 Å². The van der Waals surface area contributed by atoms with Crippen molar-refractivity contribution in [1.29, 1.82) is 0 Å². The van der Waals surface area contributed by atoms with E-state index < -0.39 is 19.0 Å². The van der Waals surface area contributed by atoms with Gasteiger partial charge < -0.3 is 10.1 Å². The molecule has 0 aromatic carbocycles. The summed E-state index contributed by atoms with van der Waals surface area (Å²) >= 11 is 0. The zero-order valence-corrected chi connectivity index (χ0v) is 12.0. The van der Waals surface area contributed by atoms with Crippen LogP contribution in [0.1, 0.15) is 19.0 Å². The molecule has 122 valence electrons. The Labute approximate surface area is 120 Å². The number of hydrogen-bond donors (Lipinski definition) is 1. The highest BCUT2D eigenvalue weighted by Crippen LogP contribution is 2.22. The van der Waals surface area contributed by atoms with Gasteiger partial charge in [-0.25, -0.2) is 8.78 Å². The molecule has 0 amide bonds. The minimum Gasteiger partial charge on any atom is -0.373 e. The van der Waals surface area contributed by atoms with Crippen LogP contribution in [-0.4, -0.2) is 53.1 Å². The molecular formula is C12H20F4N4O. The molecule has 1 atom stereocenters. The van der Waals surface area contributed by atoms with E-state index in [1.54, 1.807) is 13.2 Å². The lowest BCUT2D eigenvalue weighted by molar-refractivity contribution is -0.167. The molecule has 0 bridgehead atoms. The summed E-state index contributed by atoms with van der Waals surface area (Å²) < 4.78 is 55.8. The first-order valence-electron chi connectivity index (χ1n) is 6.67. The van der Waals surface area contributed by atoms with Crippen molar-refractivity contribution in [2.45, 2.75) is 38.2 Å². The smallest absolute Gasteiger partial charge is 0.330 e. The van der Waals surface area contributed by atoms with E-state index >= 15 is 0 Å². The van der Waals surface area contributed by atoms with Gasteiger partial charge in [-0.05, 0) is 13.0 Å².